The lowest BCUT2D eigenvalue weighted by Gasteiger charge is -2.56. The summed E-state index contributed by atoms with van der Waals surface area (Å²) in [5.41, 5.74) is -1.82. The Hall–Kier alpha value is -2.04. The van der Waals surface area contributed by atoms with E-state index in [-0.39, 0.29) is 23.5 Å². The first kappa shape index (κ1) is 33.3. The van der Waals surface area contributed by atoms with Crippen molar-refractivity contribution in [2.24, 2.45) is 22.7 Å². The topological polar surface area (TPSA) is 101 Å². The molecule has 0 aromatic heterocycles. The Balaban J connectivity index is 1.73. The van der Waals surface area contributed by atoms with Crippen LogP contribution in [0.2, 0.25) is 18.1 Å². The average Bonchev–Trinajstić information content (AvgIpc) is 3.47. The second kappa shape index (κ2) is 11.0. The zero-order valence-corrected chi connectivity index (χ0v) is 29.2. The van der Waals surface area contributed by atoms with Gasteiger partial charge in [-0.1, -0.05) is 65.8 Å². The maximum Gasteiger partial charge on any atom is 0.303 e. The van der Waals surface area contributed by atoms with E-state index in [1.54, 1.807) is 7.11 Å². The number of ketones is 1. The van der Waals surface area contributed by atoms with Gasteiger partial charge in [0.05, 0.1) is 25.4 Å². The molecular formula is C35H52O8Si. The molecule has 4 fully saturated rings. The summed E-state index contributed by atoms with van der Waals surface area (Å²) in [7, 11) is -0.697. The van der Waals surface area contributed by atoms with Gasteiger partial charge >= 0.3 is 5.97 Å². The van der Waals surface area contributed by atoms with Gasteiger partial charge < -0.3 is 28.5 Å². The predicted molar refractivity (Wildman–Crippen MR) is 170 cm³/mol. The van der Waals surface area contributed by atoms with E-state index in [1.165, 1.54) is 6.92 Å². The Morgan fingerprint density at radius 1 is 1.09 bits per heavy atom. The summed E-state index contributed by atoms with van der Waals surface area (Å²) in [6, 6.07) is 7.66. The van der Waals surface area contributed by atoms with Gasteiger partial charge in [0.25, 0.3) is 0 Å². The molecule has 3 aliphatic carbocycles. The number of fused-ring (bicyclic) bond motifs is 6. The third-order valence-corrected chi connectivity index (χ3v) is 16.6. The Morgan fingerprint density at radius 3 is 2.30 bits per heavy atom. The van der Waals surface area contributed by atoms with Gasteiger partial charge in [-0.25, -0.2) is 0 Å². The molecular weight excluding hydrogens is 576 g/mol. The summed E-state index contributed by atoms with van der Waals surface area (Å²) in [5.74, 6) is -1.15. The first-order valence-electron chi connectivity index (χ1n) is 16.0. The van der Waals surface area contributed by atoms with Crippen LogP contribution >= 0.6 is 0 Å². The number of aliphatic hydroxyl groups is 1. The fourth-order valence-electron chi connectivity index (χ4n) is 8.28. The lowest BCUT2D eigenvalue weighted by molar-refractivity contribution is -0.184. The summed E-state index contributed by atoms with van der Waals surface area (Å²) in [6.45, 7) is 22.9. The van der Waals surface area contributed by atoms with Crippen LogP contribution in [0.1, 0.15) is 86.0 Å². The molecule has 44 heavy (non-hydrogen) atoms. The number of hydrogen-bond acceptors (Lipinski definition) is 8. The van der Waals surface area contributed by atoms with Crippen molar-refractivity contribution in [3.05, 3.63) is 42.0 Å². The van der Waals surface area contributed by atoms with Crippen LogP contribution in [0.3, 0.4) is 0 Å². The van der Waals surface area contributed by atoms with E-state index in [9.17, 15) is 14.7 Å². The van der Waals surface area contributed by atoms with Crippen LogP contribution in [0.25, 0.3) is 0 Å². The minimum Gasteiger partial charge on any atom is -0.497 e. The number of methoxy groups -OCH3 is 1. The van der Waals surface area contributed by atoms with E-state index in [0.29, 0.717) is 19.3 Å². The molecule has 1 heterocycles. The highest BCUT2D eigenvalue weighted by molar-refractivity contribution is 6.74. The number of carbonyl (C=O) groups excluding carboxylic acids is 2. The number of benzene rings is 1. The van der Waals surface area contributed by atoms with Crippen LogP contribution in [0.4, 0.5) is 0 Å². The van der Waals surface area contributed by atoms with Gasteiger partial charge in [-0.15, -0.1) is 0 Å². The van der Waals surface area contributed by atoms with Crippen LogP contribution < -0.4 is 4.74 Å². The summed E-state index contributed by atoms with van der Waals surface area (Å²) in [4.78, 5) is 27.3. The Morgan fingerprint density at radius 2 is 1.73 bits per heavy atom. The fourth-order valence-corrected chi connectivity index (χ4v) is 9.72. The van der Waals surface area contributed by atoms with E-state index in [1.807, 2.05) is 38.1 Å². The van der Waals surface area contributed by atoms with E-state index in [0.717, 1.165) is 16.9 Å². The third-order valence-electron chi connectivity index (χ3n) is 12.1. The van der Waals surface area contributed by atoms with Crippen molar-refractivity contribution in [1.82, 2.24) is 0 Å². The van der Waals surface area contributed by atoms with Gasteiger partial charge in [-0.2, -0.15) is 0 Å². The average molecular weight is 629 g/mol. The molecule has 1 aromatic rings. The standard InChI is InChI=1S/C35H52O8Si/c1-20-12-17-25(43-44(10,11)32(3,4)5)34(8)26(20)28(40-21(2)36)29(37)35(38)19-18-24(33(35,6)7)27-30(34)42-31(41-27)22-13-15-23(39-9)16-14-22/h13-16,24-28,30-31,38H,1,12,17-19H2,2-11H3/t24?,25-,26-,27+,28-,30-,31+,34+,35+/m0/s1. The quantitative estimate of drug-likeness (QED) is 0.223. The molecule has 0 spiro atoms. The van der Waals surface area contributed by atoms with Crippen molar-refractivity contribution in [2.75, 3.05) is 7.11 Å². The van der Waals surface area contributed by atoms with Gasteiger partial charge in [-0.05, 0) is 61.9 Å². The summed E-state index contributed by atoms with van der Waals surface area (Å²) >= 11 is 0. The zero-order valence-electron chi connectivity index (χ0n) is 28.2. The van der Waals surface area contributed by atoms with Gasteiger partial charge in [0.15, 0.2) is 20.7 Å². The normalized spacial score (nSPS) is 38.7. The summed E-state index contributed by atoms with van der Waals surface area (Å²) < 4.78 is 32.6. The van der Waals surface area contributed by atoms with Crippen LogP contribution in [0.5, 0.6) is 5.75 Å². The smallest absolute Gasteiger partial charge is 0.303 e. The van der Waals surface area contributed by atoms with Crippen molar-refractivity contribution in [3.8, 4) is 5.75 Å². The minimum absolute atomic E-state index is 0.0643. The van der Waals surface area contributed by atoms with Crippen molar-refractivity contribution in [3.63, 3.8) is 0 Å². The third kappa shape index (κ3) is 5.02. The van der Waals surface area contributed by atoms with E-state index in [2.05, 4.69) is 47.4 Å². The monoisotopic (exact) mass is 628 g/mol. The molecule has 3 saturated carbocycles. The molecule has 0 radical (unpaired) electrons. The molecule has 5 rings (SSSR count). The fraction of sp³-hybridized carbons (Fsp3) is 0.714. The predicted octanol–water partition coefficient (Wildman–Crippen LogP) is 6.52. The number of ether oxygens (including phenoxy) is 4. The molecule has 244 valence electrons. The minimum atomic E-state index is -2.33. The molecule has 9 atom stereocenters. The van der Waals surface area contributed by atoms with Crippen LogP contribution in [-0.4, -0.2) is 62.3 Å². The molecule has 0 amide bonds. The molecule has 1 aromatic carbocycles. The SMILES string of the molecule is C=C1CC[C@H](O[Si](C)(C)C(C)(C)C)[C@@]2(C)[C@H]3O[C@H](c4ccc(OC)cc4)O[C@@H]3C3CC[C@@](O)(C(=O)[C@@H](OC(C)=O)[C@H]12)C3(C)C. The molecule has 1 aliphatic heterocycles. The van der Waals surface area contributed by atoms with Crippen molar-refractivity contribution >= 4 is 20.1 Å². The van der Waals surface area contributed by atoms with E-state index < -0.39 is 67.0 Å². The molecule has 4 aliphatic rings. The van der Waals surface area contributed by atoms with Gasteiger partial charge in [0.2, 0.25) is 5.78 Å². The van der Waals surface area contributed by atoms with Gasteiger partial charge in [0.1, 0.15) is 11.4 Å². The Kier molecular flexibility index (Phi) is 8.36. The molecule has 9 heteroatoms. The van der Waals surface area contributed by atoms with Crippen LogP contribution in [-0.2, 0) is 28.2 Å². The number of Topliss-reactive ketones (excluding diaryl/α,β-unsaturated/α-hetero) is 1. The number of esters is 1. The van der Waals surface area contributed by atoms with Crippen molar-refractivity contribution in [2.45, 2.75) is 129 Å². The highest BCUT2D eigenvalue weighted by atomic mass is 28.4. The molecule has 8 nitrogen and oxygen atoms in total. The second-order valence-corrected chi connectivity index (χ2v) is 20.5. The highest BCUT2D eigenvalue weighted by Gasteiger charge is 2.71. The first-order valence-corrected chi connectivity index (χ1v) is 18.9. The lowest BCUT2D eigenvalue weighted by Crippen LogP contribution is -2.63. The number of rotatable bonds is 5. The van der Waals surface area contributed by atoms with Crippen LogP contribution in [0, 0.1) is 22.7 Å². The number of carbonyl (C=O) groups is 2. The number of hydrogen-bond donors (Lipinski definition) is 1. The van der Waals surface area contributed by atoms with Crippen molar-refractivity contribution < 1.29 is 38.1 Å². The summed E-state index contributed by atoms with van der Waals surface area (Å²) in [5, 5.41) is 12.2. The zero-order chi connectivity index (χ0) is 32.6. The Labute approximate surface area is 263 Å². The maximum atomic E-state index is 14.6. The maximum absolute atomic E-state index is 14.6. The first-order chi connectivity index (χ1) is 20.3. The molecule has 1 unspecified atom stereocenters. The highest BCUT2D eigenvalue weighted by Crippen LogP contribution is 2.63. The summed E-state index contributed by atoms with van der Waals surface area (Å²) in [6.07, 6.45) is -1.12. The van der Waals surface area contributed by atoms with E-state index >= 15 is 0 Å². The largest absolute Gasteiger partial charge is 0.497 e. The van der Waals surface area contributed by atoms with Gasteiger partial charge in [0, 0.05) is 29.2 Å². The Bertz CT molecular complexity index is 1300. The molecule has 2 bridgehead atoms. The second-order valence-electron chi connectivity index (χ2n) is 15.8. The molecule has 1 N–H and O–H groups in total. The van der Waals surface area contributed by atoms with Crippen LogP contribution in [0.15, 0.2) is 36.4 Å². The molecule has 1 saturated heterocycles. The van der Waals surface area contributed by atoms with E-state index in [4.69, 9.17) is 23.4 Å². The lowest BCUT2D eigenvalue weighted by atomic mass is 9.57. The van der Waals surface area contributed by atoms with Gasteiger partial charge in [-0.3, -0.25) is 9.59 Å². The van der Waals surface area contributed by atoms with Crippen molar-refractivity contribution in [1.29, 1.82) is 0 Å².